The van der Waals surface area contributed by atoms with Gasteiger partial charge in [0, 0.05) is 6.42 Å². The van der Waals surface area contributed by atoms with Crippen LogP contribution in [0.5, 0.6) is 0 Å². The number of benzene rings is 2. The normalized spacial score (nSPS) is 31.3. The molecule has 0 spiro atoms. The third-order valence-electron chi connectivity index (χ3n) is 5.01. The van der Waals surface area contributed by atoms with E-state index in [1.165, 1.54) is 0 Å². The van der Waals surface area contributed by atoms with E-state index in [4.69, 9.17) is 0 Å². The largest absolute Gasteiger partial charge is 0.481 e. The molecular weight excluding hydrogens is 252 g/mol. The molecule has 0 bridgehead atoms. The minimum Gasteiger partial charge on any atom is -0.481 e. The Hall–Kier alpha value is -2.16. The molecular formula is C17H14O3. The zero-order chi connectivity index (χ0) is 13.9. The quantitative estimate of drug-likeness (QED) is 0.909. The average Bonchev–Trinajstić information content (AvgIpc) is 3.04. The van der Waals surface area contributed by atoms with Crippen molar-refractivity contribution in [1.29, 1.82) is 0 Å². The average molecular weight is 266 g/mol. The Balaban J connectivity index is 1.89. The Morgan fingerprint density at radius 1 is 1.15 bits per heavy atom. The number of carbonyl (C=O) groups is 2. The number of carboxylic acids is 1. The lowest BCUT2D eigenvalue weighted by molar-refractivity contribution is -0.141. The molecule has 100 valence electrons. The predicted molar refractivity (Wildman–Crippen MR) is 74.5 cm³/mol. The highest BCUT2D eigenvalue weighted by Gasteiger charge is 2.75. The standard InChI is InChI=1S/C17H14O3/c18-14-8-7-13-15(16(19)20)17(13,14)12-6-5-10-3-1-2-4-11(10)9-12/h1-6,9,13,15H,7-8H2,(H,19,20)/t13-,15-,17-/m0/s1. The second-order valence-corrected chi connectivity index (χ2v) is 5.82. The summed E-state index contributed by atoms with van der Waals surface area (Å²) < 4.78 is 0. The van der Waals surface area contributed by atoms with Crippen molar-refractivity contribution >= 4 is 22.5 Å². The highest BCUT2D eigenvalue weighted by atomic mass is 16.4. The lowest BCUT2D eigenvalue weighted by Crippen LogP contribution is -2.23. The van der Waals surface area contributed by atoms with Crippen LogP contribution in [-0.2, 0) is 15.0 Å². The highest BCUT2D eigenvalue weighted by molar-refractivity contribution is 6.04. The van der Waals surface area contributed by atoms with Crippen molar-refractivity contribution in [3.63, 3.8) is 0 Å². The van der Waals surface area contributed by atoms with Crippen LogP contribution in [0.4, 0.5) is 0 Å². The summed E-state index contributed by atoms with van der Waals surface area (Å²) in [4.78, 5) is 23.7. The molecule has 0 aromatic heterocycles. The monoisotopic (exact) mass is 266 g/mol. The van der Waals surface area contributed by atoms with E-state index >= 15 is 0 Å². The Bertz CT molecular complexity index is 749. The number of carboxylic acid groups (broad SMARTS) is 1. The lowest BCUT2D eigenvalue weighted by Gasteiger charge is -2.14. The van der Waals surface area contributed by atoms with Crippen molar-refractivity contribution in [2.45, 2.75) is 18.3 Å². The van der Waals surface area contributed by atoms with Crippen LogP contribution < -0.4 is 0 Å². The predicted octanol–water partition coefficient (Wildman–Crippen LogP) is 2.77. The van der Waals surface area contributed by atoms with Crippen molar-refractivity contribution in [2.24, 2.45) is 11.8 Å². The Morgan fingerprint density at radius 3 is 2.60 bits per heavy atom. The van der Waals surface area contributed by atoms with E-state index in [0.29, 0.717) is 12.8 Å². The van der Waals surface area contributed by atoms with E-state index in [1.54, 1.807) is 0 Å². The van der Waals surface area contributed by atoms with Gasteiger partial charge in [-0.3, -0.25) is 9.59 Å². The molecule has 3 heteroatoms. The Labute approximate surface area is 116 Å². The van der Waals surface area contributed by atoms with Gasteiger partial charge < -0.3 is 5.11 Å². The fraction of sp³-hybridized carbons (Fsp3) is 0.294. The molecule has 0 unspecified atom stereocenters. The van der Waals surface area contributed by atoms with Gasteiger partial charge in [-0.1, -0.05) is 42.5 Å². The van der Waals surface area contributed by atoms with Crippen LogP contribution in [0, 0.1) is 11.8 Å². The zero-order valence-corrected chi connectivity index (χ0v) is 10.9. The van der Waals surface area contributed by atoms with Gasteiger partial charge in [0.15, 0.2) is 0 Å². The Kier molecular flexibility index (Phi) is 2.15. The van der Waals surface area contributed by atoms with Crippen molar-refractivity contribution in [1.82, 2.24) is 0 Å². The molecule has 4 rings (SSSR count). The van der Waals surface area contributed by atoms with Crippen LogP contribution in [0.15, 0.2) is 42.5 Å². The van der Waals surface area contributed by atoms with E-state index in [9.17, 15) is 14.7 Å². The molecule has 20 heavy (non-hydrogen) atoms. The van der Waals surface area contributed by atoms with Gasteiger partial charge in [-0.25, -0.2) is 0 Å². The number of hydrogen-bond acceptors (Lipinski definition) is 2. The first-order valence-corrected chi connectivity index (χ1v) is 6.91. The number of rotatable bonds is 2. The number of fused-ring (bicyclic) bond motifs is 2. The molecule has 2 saturated carbocycles. The molecule has 0 heterocycles. The molecule has 2 aliphatic carbocycles. The first-order valence-electron chi connectivity index (χ1n) is 6.91. The summed E-state index contributed by atoms with van der Waals surface area (Å²) in [6, 6.07) is 13.9. The topological polar surface area (TPSA) is 54.4 Å². The summed E-state index contributed by atoms with van der Waals surface area (Å²) in [5.41, 5.74) is 0.145. The van der Waals surface area contributed by atoms with Gasteiger partial charge in [-0.2, -0.15) is 0 Å². The van der Waals surface area contributed by atoms with Gasteiger partial charge in [0.05, 0.1) is 11.3 Å². The van der Waals surface area contributed by atoms with Crippen LogP contribution in [0.3, 0.4) is 0 Å². The van der Waals surface area contributed by atoms with E-state index in [1.807, 2.05) is 42.5 Å². The third-order valence-corrected chi connectivity index (χ3v) is 5.01. The van der Waals surface area contributed by atoms with E-state index < -0.39 is 17.3 Å². The molecule has 1 N–H and O–H groups in total. The van der Waals surface area contributed by atoms with Crippen molar-refractivity contribution < 1.29 is 14.7 Å². The van der Waals surface area contributed by atoms with Crippen LogP contribution in [0.25, 0.3) is 10.8 Å². The van der Waals surface area contributed by atoms with Gasteiger partial charge in [-0.05, 0) is 28.7 Å². The minimum atomic E-state index is -0.837. The number of hydrogen-bond donors (Lipinski definition) is 1. The third kappa shape index (κ3) is 1.25. The first-order chi connectivity index (χ1) is 9.65. The van der Waals surface area contributed by atoms with Gasteiger partial charge in [-0.15, -0.1) is 0 Å². The molecule has 2 fully saturated rings. The number of aliphatic carboxylic acids is 1. The maximum absolute atomic E-state index is 12.3. The van der Waals surface area contributed by atoms with Crippen molar-refractivity contribution in [3.05, 3.63) is 48.0 Å². The van der Waals surface area contributed by atoms with E-state index in [0.717, 1.165) is 16.3 Å². The molecule has 2 aromatic carbocycles. The molecule has 2 aromatic rings. The highest BCUT2D eigenvalue weighted by Crippen LogP contribution is 2.67. The molecule has 2 aliphatic rings. The van der Waals surface area contributed by atoms with Crippen LogP contribution in [0.2, 0.25) is 0 Å². The Morgan fingerprint density at radius 2 is 1.90 bits per heavy atom. The molecule has 0 saturated heterocycles. The molecule has 3 atom stereocenters. The molecule has 0 aliphatic heterocycles. The summed E-state index contributed by atoms with van der Waals surface area (Å²) in [6.07, 6.45) is 1.23. The van der Waals surface area contributed by atoms with Crippen LogP contribution in [-0.4, -0.2) is 16.9 Å². The summed E-state index contributed by atoms with van der Waals surface area (Å²) in [5, 5.41) is 11.5. The molecule has 0 amide bonds. The van der Waals surface area contributed by atoms with Crippen LogP contribution in [0.1, 0.15) is 18.4 Å². The molecule has 3 nitrogen and oxygen atoms in total. The maximum Gasteiger partial charge on any atom is 0.308 e. The lowest BCUT2D eigenvalue weighted by atomic mass is 9.88. The molecule has 0 radical (unpaired) electrons. The van der Waals surface area contributed by atoms with Gasteiger partial charge in [0.25, 0.3) is 0 Å². The zero-order valence-electron chi connectivity index (χ0n) is 10.9. The SMILES string of the molecule is O=C(O)[C@@H]1[C@@H]2CCC(=O)[C@@]12c1ccc2ccccc2c1. The van der Waals surface area contributed by atoms with E-state index in [2.05, 4.69) is 0 Å². The summed E-state index contributed by atoms with van der Waals surface area (Å²) in [5.74, 6) is -1.26. The maximum atomic E-state index is 12.3. The smallest absolute Gasteiger partial charge is 0.308 e. The summed E-state index contributed by atoms with van der Waals surface area (Å²) >= 11 is 0. The second kappa shape index (κ2) is 3.69. The van der Waals surface area contributed by atoms with Crippen LogP contribution >= 0.6 is 0 Å². The van der Waals surface area contributed by atoms with Gasteiger partial charge in [0.1, 0.15) is 5.78 Å². The number of ketones is 1. The summed E-state index contributed by atoms with van der Waals surface area (Å²) in [6.45, 7) is 0. The van der Waals surface area contributed by atoms with E-state index in [-0.39, 0.29) is 11.7 Å². The fourth-order valence-electron chi connectivity index (χ4n) is 4.10. The van der Waals surface area contributed by atoms with Crippen molar-refractivity contribution in [2.75, 3.05) is 0 Å². The second-order valence-electron chi connectivity index (χ2n) is 5.82. The number of carbonyl (C=O) groups excluding carboxylic acids is 1. The summed E-state index contributed by atoms with van der Waals surface area (Å²) in [7, 11) is 0. The minimum absolute atomic E-state index is 0.00587. The fourth-order valence-corrected chi connectivity index (χ4v) is 4.10. The number of Topliss-reactive ketones (excluding diaryl/α,β-unsaturated/α-hetero) is 1. The first kappa shape index (κ1) is 11.6. The van der Waals surface area contributed by atoms with Gasteiger partial charge >= 0.3 is 5.97 Å². The van der Waals surface area contributed by atoms with Crippen molar-refractivity contribution in [3.8, 4) is 0 Å². The van der Waals surface area contributed by atoms with Gasteiger partial charge in [0.2, 0.25) is 0 Å².